The maximum absolute atomic E-state index is 12.5. The Hall–Kier alpha value is -2.30. The van der Waals surface area contributed by atoms with Crippen LogP contribution in [0.2, 0.25) is 0 Å². The number of carbonyl (C=O) groups is 2. The summed E-state index contributed by atoms with van der Waals surface area (Å²) in [6.07, 6.45) is 8.17. The number of nitrogens with one attached hydrogen (secondary N) is 2. The van der Waals surface area contributed by atoms with Crippen LogP contribution in [0.4, 0.5) is 0 Å². The highest BCUT2D eigenvalue weighted by molar-refractivity contribution is 5.96. The van der Waals surface area contributed by atoms with Crippen LogP contribution in [0, 0.1) is 23.2 Å². The molecule has 2 aromatic rings. The fourth-order valence-corrected chi connectivity index (χ4v) is 6.17. The quantitative estimate of drug-likeness (QED) is 0.826. The molecule has 4 saturated carbocycles. The van der Waals surface area contributed by atoms with Gasteiger partial charge in [0.1, 0.15) is 5.58 Å². The van der Waals surface area contributed by atoms with Crippen LogP contribution in [0.3, 0.4) is 0 Å². The van der Waals surface area contributed by atoms with E-state index < -0.39 is 5.91 Å². The Balaban J connectivity index is 1.20. The zero-order valence-corrected chi connectivity index (χ0v) is 14.8. The Bertz CT molecular complexity index is 801. The van der Waals surface area contributed by atoms with Gasteiger partial charge in [0, 0.05) is 11.8 Å². The SMILES string of the molecule is O=C(CC12CC3CC(CC(C3)C1)C2)NNC(=O)c1cc2ccccc2o1. The minimum absolute atomic E-state index is 0.0867. The molecular formula is C21H24N2O3. The average Bonchev–Trinajstić information content (AvgIpc) is 3.02. The third kappa shape index (κ3) is 2.79. The van der Waals surface area contributed by atoms with Crippen molar-refractivity contribution in [1.82, 2.24) is 10.9 Å². The summed E-state index contributed by atoms with van der Waals surface area (Å²) in [6, 6.07) is 9.16. The normalized spacial score (nSPS) is 31.9. The van der Waals surface area contributed by atoms with E-state index in [1.165, 1.54) is 38.5 Å². The molecule has 0 atom stereocenters. The number of rotatable bonds is 3. The van der Waals surface area contributed by atoms with E-state index in [1.807, 2.05) is 24.3 Å². The average molecular weight is 352 g/mol. The maximum Gasteiger partial charge on any atom is 0.305 e. The van der Waals surface area contributed by atoms with Crippen LogP contribution in [0.5, 0.6) is 0 Å². The molecule has 0 saturated heterocycles. The van der Waals surface area contributed by atoms with Crippen LogP contribution >= 0.6 is 0 Å². The van der Waals surface area contributed by atoms with Crippen molar-refractivity contribution < 1.29 is 14.0 Å². The smallest absolute Gasteiger partial charge is 0.305 e. The number of fused-ring (bicyclic) bond motifs is 1. The van der Waals surface area contributed by atoms with Gasteiger partial charge in [-0.3, -0.25) is 20.4 Å². The molecule has 1 aromatic carbocycles. The lowest BCUT2D eigenvalue weighted by Crippen LogP contribution is -2.50. The van der Waals surface area contributed by atoms with Crippen molar-refractivity contribution in [2.45, 2.75) is 44.9 Å². The van der Waals surface area contributed by atoms with Gasteiger partial charge in [-0.05, 0) is 73.8 Å². The van der Waals surface area contributed by atoms with Crippen LogP contribution < -0.4 is 10.9 Å². The molecule has 2 amide bonds. The van der Waals surface area contributed by atoms with E-state index in [0.29, 0.717) is 12.0 Å². The minimum Gasteiger partial charge on any atom is -0.451 e. The molecule has 2 N–H and O–H groups in total. The van der Waals surface area contributed by atoms with E-state index in [1.54, 1.807) is 6.07 Å². The number of carbonyl (C=O) groups excluding carboxylic acids is 2. The van der Waals surface area contributed by atoms with E-state index in [2.05, 4.69) is 10.9 Å². The first-order chi connectivity index (χ1) is 12.6. The summed E-state index contributed by atoms with van der Waals surface area (Å²) in [6.45, 7) is 0. The summed E-state index contributed by atoms with van der Waals surface area (Å²) in [5.74, 6) is 2.16. The second-order valence-electron chi connectivity index (χ2n) is 8.75. The monoisotopic (exact) mass is 352 g/mol. The Morgan fingerprint density at radius 2 is 1.65 bits per heavy atom. The highest BCUT2D eigenvalue weighted by atomic mass is 16.3. The van der Waals surface area contributed by atoms with Gasteiger partial charge < -0.3 is 4.42 Å². The van der Waals surface area contributed by atoms with Crippen molar-refractivity contribution >= 4 is 22.8 Å². The van der Waals surface area contributed by atoms with Crippen LogP contribution in [-0.4, -0.2) is 11.8 Å². The first-order valence-electron chi connectivity index (χ1n) is 9.66. The molecule has 4 aliphatic rings. The highest BCUT2D eigenvalue weighted by Crippen LogP contribution is 2.61. The largest absolute Gasteiger partial charge is 0.451 e. The number of hydrogen-bond donors (Lipinski definition) is 2. The first-order valence-corrected chi connectivity index (χ1v) is 9.66. The lowest BCUT2D eigenvalue weighted by molar-refractivity contribution is -0.130. The molecule has 4 aliphatic carbocycles. The van der Waals surface area contributed by atoms with Crippen LogP contribution in [-0.2, 0) is 4.79 Å². The third-order valence-electron chi connectivity index (χ3n) is 6.67. The molecule has 6 rings (SSSR count). The predicted octanol–water partition coefficient (Wildman–Crippen LogP) is 3.80. The van der Waals surface area contributed by atoms with Gasteiger partial charge in [0.05, 0.1) is 0 Å². The van der Waals surface area contributed by atoms with Crippen molar-refractivity contribution in [1.29, 1.82) is 0 Å². The molecular weight excluding hydrogens is 328 g/mol. The molecule has 5 nitrogen and oxygen atoms in total. The maximum atomic E-state index is 12.5. The van der Waals surface area contributed by atoms with Gasteiger partial charge in [-0.2, -0.15) is 0 Å². The van der Waals surface area contributed by atoms with E-state index in [0.717, 1.165) is 23.1 Å². The molecule has 1 aromatic heterocycles. The molecule has 136 valence electrons. The zero-order chi connectivity index (χ0) is 17.7. The molecule has 26 heavy (non-hydrogen) atoms. The minimum atomic E-state index is -0.417. The van der Waals surface area contributed by atoms with Crippen molar-refractivity contribution in [2.24, 2.45) is 23.2 Å². The number of furan rings is 1. The van der Waals surface area contributed by atoms with Crippen molar-refractivity contribution in [3.8, 4) is 0 Å². The first kappa shape index (κ1) is 15.9. The van der Waals surface area contributed by atoms with Crippen LogP contribution in [0.25, 0.3) is 11.0 Å². The van der Waals surface area contributed by atoms with Gasteiger partial charge in [0.25, 0.3) is 0 Å². The molecule has 4 fully saturated rings. The standard InChI is InChI=1S/C21H24N2O3/c24-19(12-21-9-13-5-14(10-21)7-15(6-13)11-21)22-23-20(25)18-8-16-3-1-2-4-17(16)26-18/h1-4,8,13-15H,5-7,9-12H2,(H,22,24)(H,23,25). The number of amides is 2. The van der Waals surface area contributed by atoms with Gasteiger partial charge in [-0.1, -0.05) is 18.2 Å². The lowest BCUT2D eigenvalue weighted by Gasteiger charge is -2.56. The van der Waals surface area contributed by atoms with Crippen molar-refractivity contribution in [3.05, 3.63) is 36.1 Å². The zero-order valence-electron chi connectivity index (χ0n) is 14.8. The van der Waals surface area contributed by atoms with Gasteiger partial charge in [0.15, 0.2) is 5.76 Å². The molecule has 0 aliphatic heterocycles. The van der Waals surface area contributed by atoms with Gasteiger partial charge >= 0.3 is 5.91 Å². The van der Waals surface area contributed by atoms with E-state index in [4.69, 9.17) is 4.42 Å². The summed E-state index contributed by atoms with van der Waals surface area (Å²) in [4.78, 5) is 24.7. The molecule has 0 radical (unpaired) electrons. The Morgan fingerprint density at radius 3 is 2.31 bits per heavy atom. The number of benzene rings is 1. The third-order valence-corrected chi connectivity index (χ3v) is 6.67. The summed E-state index contributed by atoms with van der Waals surface area (Å²) in [5, 5.41) is 0.873. The predicted molar refractivity (Wildman–Crippen MR) is 97.0 cm³/mol. The molecule has 4 bridgehead atoms. The second-order valence-corrected chi connectivity index (χ2v) is 8.75. The summed E-state index contributed by atoms with van der Waals surface area (Å²) in [7, 11) is 0. The fraction of sp³-hybridized carbons (Fsp3) is 0.524. The van der Waals surface area contributed by atoms with Gasteiger partial charge in [-0.25, -0.2) is 0 Å². The summed E-state index contributed by atoms with van der Waals surface area (Å²) < 4.78 is 5.53. The van der Waals surface area contributed by atoms with Crippen molar-refractivity contribution in [2.75, 3.05) is 0 Å². The molecule has 0 unspecified atom stereocenters. The van der Waals surface area contributed by atoms with Crippen LogP contribution in [0.1, 0.15) is 55.5 Å². The van der Waals surface area contributed by atoms with E-state index >= 15 is 0 Å². The molecule has 0 spiro atoms. The Morgan fingerprint density at radius 1 is 1.00 bits per heavy atom. The van der Waals surface area contributed by atoms with Gasteiger partial charge in [0.2, 0.25) is 5.91 Å². The topological polar surface area (TPSA) is 71.3 Å². The Kier molecular flexibility index (Phi) is 3.59. The van der Waals surface area contributed by atoms with Crippen LogP contribution in [0.15, 0.2) is 34.7 Å². The summed E-state index contributed by atoms with van der Waals surface area (Å²) in [5.41, 5.74) is 5.95. The molecule has 1 heterocycles. The number of para-hydroxylation sites is 1. The van der Waals surface area contributed by atoms with Gasteiger partial charge in [-0.15, -0.1) is 0 Å². The number of hydrazine groups is 1. The lowest BCUT2D eigenvalue weighted by atomic mass is 9.49. The van der Waals surface area contributed by atoms with E-state index in [9.17, 15) is 9.59 Å². The second kappa shape index (κ2) is 5.86. The highest BCUT2D eigenvalue weighted by Gasteiger charge is 2.51. The van der Waals surface area contributed by atoms with Crippen molar-refractivity contribution in [3.63, 3.8) is 0 Å². The fourth-order valence-electron chi connectivity index (χ4n) is 6.17. The Labute approximate surface area is 152 Å². The number of hydrogen-bond acceptors (Lipinski definition) is 3. The molecule has 5 heteroatoms. The summed E-state index contributed by atoms with van der Waals surface area (Å²) >= 11 is 0. The van der Waals surface area contributed by atoms with E-state index in [-0.39, 0.29) is 17.1 Å².